The lowest BCUT2D eigenvalue weighted by molar-refractivity contribution is -0.155. The molecule has 0 radical (unpaired) electrons. The van der Waals surface area contributed by atoms with Crippen LogP contribution in [0.15, 0.2) is 23.1 Å². The first kappa shape index (κ1) is 17.4. The van der Waals surface area contributed by atoms with Gasteiger partial charge in [0.15, 0.2) is 17.6 Å². The first-order valence-electron chi connectivity index (χ1n) is 7.86. The van der Waals surface area contributed by atoms with Crippen LogP contribution < -0.4 is 14.8 Å². The number of rotatable bonds is 5. The minimum absolute atomic E-state index is 0.0451. The number of hydrogen-bond acceptors (Lipinski definition) is 7. The zero-order valence-corrected chi connectivity index (χ0v) is 14.5. The van der Waals surface area contributed by atoms with E-state index in [9.17, 15) is 14.4 Å². The second-order valence-corrected chi connectivity index (χ2v) is 6.50. The lowest BCUT2D eigenvalue weighted by Gasteiger charge is -2.19. The fourth-order valence-electron chi connectivity index (χ4n) is 2.44. The van der Waals surface area contributed by atoms with Crippen molar-refractivity contribution in [3.8, 4) is 11.5 Å². The Balaban J connectivity index is 1.49. The fourth-order valence-corrected chi connectivity index (χ4v) is 3.15. The van der Waals surface area contributed by atoms with Crippen molar-refractivity contribution in [3.05, 3.63) is 18.2 Å². The van der Waals surface area contributed by atoms with Crippen molar-refractivity contribution >= 4 is 29.7 Å². The van der Waals surface area contributed by atoms with Gasteiger partial charge in [0.1, 0.15) is 13.2 Å². The van der Waals surface area contributed by atoms with Crippen molar-refractivity contribution in [1.29, 1.82) is 0 Å². The molecule has 0 saturated carbocycles. The van der Waals surface area contributed by atoms with Crippen LogP contribution >= 0.6 is 11.8 Å². The van der Waals surface area contributed by atoms with Crippen molar-refractivity contribution in [2.45, 2.75) is 17.9 Å². The highest BCUT2D eigenvalue weighted by molar-refractivity contribution is 8.00. The summed E-state index contributed by atoms with van der Waals surface area (Å²) >= 11 is 1.27. The van der Waals surface area contributed by atoms with Crippen LogP contribution in [0.2, 0.25) is 0 Å². The SMILES string of the molecule is C[C@@H](OC(=O)CSc1ccc2c(c1)OCCO2)C(=O)N1CCNC1=O. The molecule has 3 amide bonds. The van der Waals surface area contributed by atoms with Gasteiger partial charge in [-0.1, -0.05) is 0 Å². The number of carbonyl (C=O) groups excluding carboxylic acids is 3. The standard InChI is InChI=1S/C16H18N2O6S/c1-10(15(20)18-5-4-17-16(18)21)24-14(19)9-25-11-2-3-12-13(8-11)23-7-6-22-12/h2-3,8,10H,4-7,9H2,1H3,(H,17,21)/t10-/m1/s1. The van der Waals surface area contributed by atoms with Gasteiger partial charge in [-0.05, 0) is 25.1 Å². The van der Waals surface area contributed by atoms with Crippen LogP contribution in [0.5, 0.6) is 11.5 Å². The Morgan fingerprint density at radius 3 is 2.80 bits per heavy atom. The van der Waals surface area contributed by atoms with Gasteiger partial charge >= 0.3 is 12.0 Å². The van der Waals surface area contributed by atoms with Crippen molar-refractivity contribution in [2.75, 3.05) is 32.1 Å². The van der Waals surface area contributed by atoms with E-state index in [2.05, 4.69) is 5.32 Å². The van der Waals surface area contributed by atoms with Gasteiger partial charge in [-0.15, -0.1) is 11.8 Å². The fraction of sp³-hybridized carbons (Fsp3) is 0.438. The Bertz CT molecular complexity index is 695. The number of nitrogens with one attached hydrogen (secondary N) is 1. The maximum atomic E-state index is 12.1. The van der Waals surface area contributed by atoms with Crippen molar-refractivity contribution in [1.82, 2.24) is 10.2 Å². The lowest BCUT2D eigenvalue weighted by atomic mass is 10.3. The van der Waals surface area contributed by atoms with Crippen LogP contribution in [-0.2, 0) is 14.3 Å². The van der Waals surface area contributed by atoms with Gasteiger partial charge in [-0.2, -0.15) is 0 Å². The summed E-state index contributed by atoms with van der Waals surface area (Å²) in [5.41, 5.74) is 0. The van der Waals surface area contributed by atoms with E-state index in [1.165, 1.54) is 18.7 Å². The van der Waals surface area contributed by atoms with Gasteiger partial charge in [0.25, 0.3) is 5.91 Å². The molecule has 1 aromatic rings. The number of hydrogen-bond donors (Lipinski definition) is 1. The third-order valence-electron chi connectivity index (χ3n) is 3.65. The average Bonchev–Trinajstić information content (AvgIpc) is 3.05. The Hall–Kier alpha value is -2.42. The van der Waals surface area contributed by atoms with Crippen molar-refractivity contribution in [3.63, 3.8) is 0 Å². The van der Waals surface area contributed by atoms with Crippen molar-refractivity contribution in [2.24, 2.45) is 0 Å². The quantitative estimate of drug-likeness (QED) is 0.614. The Morgan fingerprint density at radius 1 is 1.32 bits per heavy atom. The predicted octanol–water partition coefficient (Wildman–Crippen LogP) is 1.03. The maximum Gasteiger partial charge on any atom is 0.324 e. The minimum atomic E-state index is -1.00. The van der Waals surface area contributed by atoms with Crippen molar-refractivity contribution < 1.29 is 28.6 Å². The molecule has 8 nitrogen and oxygen atoms in total. The molecule has 1 saturated heterocycles. The van der Waals surface area contributed by atoms with Crippen LogP contribution in [-0.4, -0.2) is 61.0 Å². The summed E-state index contributed by atoms with van der Waals surface area (Å²) in [7, 11) is 0. The lowest BCUT2D eigenvalue weighted by Crippen LogP contribution is -2.42. The van der Waals surface area contributed by atoms with Crippen LogP contribution in [0, 0.1) is 0 Å². The molecular weight excluding hydrogens is 348 g/mol. The molecule has 1 fully saturated rings. The molecule has 1 aromatic carbocycles. The van der Waals surface area contributed by atoms with Crippen LogP contribution in [0.3, 0.4) is 0 Å². The van der Waals surface area contributed by atoms with Gasteiger partial charge in [0.05, 0.1) is 5.75 Å². The maximum absolute atomic E-state index is 12.1. The van der Waals surface area contributed by atoms with Gasteiger partial charge in [-0.3, -0.25) is 14.5 Å². The van der Waals surface area contributed by atoms with Crippen LogP contribution in [0.1, 0.15) is 6.92 Å². The first-order chi connectivity index (χ1) is 12.0. The summed E-state index contributed by atoms with van der Waals surface area (Å²) in [5.74, 6) is 0.325. The normalized spacial score (nSPS) is 17.0. The number of ether oxygens (including phenoxy) is 3. The molecule has 0 spiro atoms. The molecule has 0 bridgehead atoms. The zero-order chi connectivity index (χ0) is 17.8. The summed E-state index contributed by atoms with van der Waals surface area (Å²) in [6, 6.07) is 4.96. The number of amides is 3. The number of carbonyl (C=O) groups is 3. The number of benzene rings is 1. The van der Waals surface area contributed by atoms with E-state index in [0.29, 0.717) is 31.3 Å². The van der Waals surface area contributed by atoms with E-state index >= 15 is 0 Å². The highest BCUT2D eigenvalue weighted by atomic mass is 32.2. The molecule has 0 unspecified atom stereocenters. The summed E-state index contributed by atoms with van der Waals surface area (Å²) < 4.78 is 16.1. The van der Waals surface area contributed by atoms with Crippen LogP contribution in [0.4, 0.5) is 4.79 Å². The number of fused-ring (bicyclic) bond motifs is 1. The summed E-state index contributed by atoms with van der Waals surface area (Å²) in [5, 5.41) is 2.53. The second kappa shape index (κ2) is 7.64. The van der Waals surface area contributed by atoms with E-state index < -0.39 is 24.0 Å². The van der Waals surface area contributed by atoms with Crippen LogP contribution in [0.25, 0.3) is 0 Å². The molecule has 2 aliphatic rings. The molecule has 0 aromatic heterocycles. The number of esters is 1. The molecule has 25 heavy (non-hydrogen) atoms. The van der Waals surface area contributed by atoms with E-state index in [1.54, 1.807) is 12.1 Å². The van der Waals surface area contributed by atoms with Gasteiger partial charge in [0, 0.05) is 18.0 Å². The molecular formula is C16H18N2O6S. The Labute approximate surface area is 148 Å². The molecule has 0 aliphatic carbocycles. The minimum Gasteiger partial charge on any atom is -0.486 e. The molecule has 1 N–H and O–H groups in total. The number of imide groups is 1. The summed E-state index contributed by atoms with van der Waals surface area (Å²) in [6.45, 7) is 3.16. The van der Waals surface area contributed by atoms with E-state index in [4.69, 9.17) is 14.2 Å². The topological polar surface area (TPSA) is 94.2 Å². The summed E-state index contributed by atoms with van der Waals surface area (Å²) in [4.78, 5) is 37.4. The monoisotopic (exact) mass is 366 g/mol. The van der Waals surface area contributed by atoms with Gasteiger partial charge in [-0.25, -0.2) is 4.79 Å². The summed E-state index contributed by atoms with van der Waals surface area (Å²) in [6.07, 6.45) is -1.00. The Kier molecular flexibility index (Phi) is 5.32. The highest BCUT2D eigenvalue weighted by Gasteiger charge is 2.31. The highest BCUT2D eigenvalue weighted by Crippen LogP contribution is 2.34. The first-order valence-corrected chi connectivity index (χ1v) is 8.84. The number of thioether (sulfide) groups is 1. The van der Waals surface area contributed by atoms with E-state index in [1.807, 2.05) is 6.07 Å². The zero-order valence-electron chi connectivity index (χ0n) is 13.6. The number of urea groups is 1. The molecule has 134 valence electrons. The molecule has 9 heteroatoms. The second-order valence-electron chi connectivity index (χ2n) is 5.45. The number of nitrogens with zero attached hydrogens (tertiary/aromatic N) is 1. The third kappa shape index (κ3) is 4.16. The smallest absolute Gasteiger partial charge is 0.324 e. The third-order valence-corrected chi connectivity index (χ3v) is 4.62. The van der Waals surface area contributed by atoms with E-state index in [0.717, 1.165) is 9.80 Å². The van der Waals surface area contributed by atoms with Gasteiger partial charge in [0.2, 0.25) is 0 Å². The largest absolute Gasteiger partial charge is 0.486 e. The van der Waals surface area contributed by atoms with Gasteiger partial charge < -0.3 is 19.5 Å². The molecule has 2 aliphatic heterocycles. The Morgan fingerprint density at radius 2 is 2.08 bits per heavy atom. The molecule has 2 heterocycles. The molecule has 1 atom stereocenters. The van der Waals surface area contributed by atoms with E-state index in [-0.39, 0.29) is 12.3 Å². The average molecular weight is 366 g/mol. The molecule has 3 rings (SSSR count). The predicted molar refractivity (Wildman–Crippen MR) is 88.8 cm³/mol.